The normalized spacial score (nSPS) is 21.8. The molecule has 1 aliphatic heterocycles. The van der Waals surface area contributed by atoms with Crippen molar-refractivity contribution < 1.29 is 4.74 Å². The van der Waals surface area contributed by atoms with E-state index in [-0.39, 0.29) is 0 Å². The highest BCUT2D eigenvalue weighted by Crippen LogP contribution is 2.38. The third-order valence-corrected chi connectivity index (χ3v) is 3.12. The summed E-state index contributed by atoms with van der Waals surface area (Å²) in [5.74, 6) is 2.71. The number of hydrogen-bond donors (Lipinski definition) is 0. The van der Waals surface area contributed by atoms with E-state index < -0.39 is 5.60 Å². The van der Waals surface area contributed by atoms with Crippen LogP contribution in [0, 0.1) is 12.3 Å². The molecule has 1 nitrogen and oxygen atoms in total. The summed E-state index contributed by atoms with van der Waals surface area (Å²) in [7, 11) is 0. The van der Waals surface area contributed by atoms with Crippen LogP contribution in [0.3, 0.4) is 0 Å². The lowest BCUT2D eigenvalue weighted by molar-refractivity contribution is 0.366. The number of benzene rings is 2. The Kier molecular flexibility index (Phi) is 2.24. The van der Waals surface area contributed by atoms with E-state index in [4.69, 9.17) is 11.2 Å². The molecular weight excluding hydrogens is 208 g/mol. The number of ether oxygens (including phenoxy) is 1. The molecule has 0 saturated carbocycles. The molecule has 82 valence electrons. The summed E-state index contributed by atoms with van der Waals surface area (Å²) in [6.45, 7) is 0.633. The summed E-state index contributed by atoms with van der Waals surface area (Å²) in [4.78, 5) is 0. The van der Waals surface area contributed by atoms with Crippen LogP contribution in [-0.4, -0.2) is 6.61 Å². The molecule has 0 aliphatic carbocycles. The van der Waals surface area contributed by atoms with Crippen molar-refractivity contribution in [3.63, 3.8) is 0 Å². The fraction of sp³-hybridized carbons (Fsp3) is 0.125. The summed E-state index contributed by atoms with van der Waals surface area (Å²) in [5, 5.41) is 0. The van der Waals surface area contributed by atoms with Gasteiger partial charge in [0, 0.05) is 0 Å². The molecule has 1 aliphatic rings. The molecule has 1 saturated heterocycles. The van der Waals surface area contributed by atoms with Crippen LogP contribution in [0.25, 0.3) is 11.1 Å². The molecule has 0 radical (unpaired) electrons. The van der Waals surface area contributed by atoms with Crippen LogP contribution in [0.4, 0.5) is 0 Å². The Hall–Kier alpha value is -2.04. The predicted octanol–water partition coefficient (Wildman–Crippen LogP) is 3.21. The summed E-state index contributed by atoms with van der Waals surface area (Å²) < 4.78 is 5.34. The highest BCUT2D eigenvalue weighted by molar-refractivity contribution is 5.64. The van der Waals surface area contributed by atoms with Crippen molar-refractivity contribution in [1.29, 1.82) is 0 Å². The Balaban J connectivity index is 1.94. The first-order valence-corrected chi connectivity index (χ1v) is 5.62. The van der Waals surface area contributed by atoms with E-state index in [1.807, 2.05) is 18.2 Å². The predicted molar refractivity (Wildman–Crippen MR) is 68.3 cm³/mol. The second-order valence-electron chi connectivity index (χ2n) is 4.20. The second kappa shape index (κ2) is 3.76. The molecule has 1 heteroatoms. The number of rotatable bonds is 2. The van der Waals surface area contributed by atoms with Crippen molar-refractivity contribution in [3.05, 3.63) is 60.2 Å². The van der Waals surface area contributed by atoms with Gasteiger partial charge in [-0.1, -0.05) is 60.5 Å². The van der Waals surface area contributed by atoms with E-state index in [0.29, 0.717) is 6.61 Å². The van der Waals surface area contributed by atoms with E-state index in [0.717, 1.165) is 5.56 Å². The zero-order valence-electron chi connectivity index (χ0n) is 9.39. The first-order chi connectivity index (χ1) is 8.34. The molecule has 0 aromatic heterocycles. The molecule has 2 aromatic carbocycles. The smallest absolute Gasteiger partial charge is 0.177 e. The van der Waals surface area contributed by atoms with Gasteiger partial charge in [-0.15, -0.1) is 6.42 Å². The molecule has 0 spiro atoms. The third-order valence-electron chi connectivity index (χ3n) is 3.12. The van der Waals surface area contributed by atoms with Gasteiger partial charge in [-0.2, -0.15) is 0 Å². The van der Waals surface area contributed by atoms with Crippen LogP contribution in [0.15, 0.2) is 54.6 Å². The fourth-order valence-corrected chi connectivity index (χ4v) is 1.97. The van der Waals surface area contributed by atoms with Gasteiger partial charge < -0.3 is 4.74 Å². The van der Waals surface area contributed by atoms with Crippen molar-refractivity contribution in [2.75, 3.05) is 6.61 Å². The maximum Gasteiger partial charge on any atom is 0.177 e. The first kappa shape index (κ1) is 10.1. The van der Waals surface area contributed by atoms with E-state index >= 15 is 0 Å². The van der Waals surface area contributed by atoms with E-state index in [2.05, 4.69) is 42.3 Å². The van der Waals surface area contributed by atoms with Crippen molar-refractivity contribution in [2.45, 2.75) is 5.60 Å². The van der Waals surface area contributed by atoms with Gasteiger partial charge in [-0.05, 0) is 16.7 Å². The largest absolute Gasteiger partial charge is 0.351 e. The zero-order valence-corrected chi connectivity index (χ0v) is 9.39. The van der Waals surface area contributed by atoms with Gasteiger partial charge in [0.15, 0.2) is 5.60 Å². The molecule has 3 rings (SSSR count). The standard InChI is InChI=1S/C16H12O/c1-2-16(12-17-16)15-10-8-14(9-11-15)13-6-4-3-5-7-13/h1,3-11H,12H2. The van der Waals surface area contributed by atoms with Gasteiger partial charge in [-0.3, -0.25) is 0 Å². The monoisotopic (exact) mass is 220 g/mol. The van der Waals surface area contributed by atoms with Gasteiger partial charge >= 0.3 is 0 Å². The quantitative estimate of drug-likeness (QED) is 0.559. The van der Waals surface area contributed by atoms with Crippen LogP contribution in [-0.2, 0) is 10.3 Å². The molecule has 1 unspecified atom stereocenters. The summed E-state index contributed by atoms with van der Waals surface area (Å²) >= 11 is 0. The SMILES string of the molecule is C#CC1(c2ccc(-c3ccccc3)cc2)CO1. The van der Waals surface area contributed by atoms with Crippen molar-refractivity contribution >= 4 is 0 Å². The lowest BCUT2D eigenvalue weighted by atomic mass is 9.97. The lowest BCUT2D eigenvalue weighted by Crippen LogP contribution is -2.04. The summed E-state index contributed by atoms with van der Waals surface area (Å²) in [5.41, 5.74) is 3.03. The maximum atomic E-state index is 5.47. The number of hydrogen-bond acceptors (Lipinski definition) is 1. The Bertz CT molecular complexity index is 557. The van der Waals surface area contributed by atoms with Gasteiger partial charge in [0.2, 0.25) is 0 Å². The minimum atomic E-state index is -0.449. The summed E-state index contributed by atoms with van der Waals surface area (Å²) in [6, 6.07) is 18.6. The average molecular weight is 220 g/mol. The Morgan fingerprint density at radius 3 is 2.06 bits per heavy atom. The molecule has 17 heavy (non-hydrogen) atoms. The third kappa shape index (κ3) is 1.73. The molecular formula is C16H12O. The molecule has 0 amide bonds. The first-order valence-electron chi connectivity index (χ1n) is 5.62. The van der Waals surface area contributed by atoms with Crippen LogP contribution in [0.5, 0.6) is 0 Å². The van der Waals surface area contributed by atoms with Gasteiger partial charge in [0.05, 0.1) is 6.61 Å². The molecule has 1 atom stereocenters. The van der Waals surface area contributed by atoms with E-state index in [1.165, 1.54) is 11.1 Å². The fourth-order valence-electron chi connectivity index (χ4n) is 1.97. The van der Waals surface area contributed by atoms with Crippen molar-refractivity contribution in [1.82, 2.24) is 0 Å². The summed E-state index contributed by atoms with van der Waals surface area (Å²) in [6.07, 6.45) is 5.47. The molecule has 2 aromatic rings. The molecule has 0 N–H and O–H groups in total. The minimum Gasteiger partial charge on any atom is -0.351 e. The Morgan fingerprint density at radius 2 is 1.53 bits per heavy atom. The van der Waals surface area contributed by atoms with Crippen LogP contribution >= 0.6 is 0 Å². The van der Waals surface area contributed by atoms with Crippen LogP contribution in [0.1, 0.15) is 5.56 Å². The lowest BCUT2D eigenvalue weighted by Gasteiger charge is -2.06. The van der Waals surface area contributed by atoms with Crippen molar-refractivity contribution in [2.24, 2.45) is 0 Å². The van der Waals surface area contributed by atoms with Crippen molar-refractivity contribution in [3.8, 4) is 23.5 Å². The van der Waals surface area contributed by atoms with Gasteiger partial charge in [-0.25, -0.2) is 0 Å². The minimum absolute atomic E-state index is 0.449. The highest BCUT2D eigenvalue weighted by Gasteiger charge is 2.44. The topological polar surface area (TPSA) is 12.5 Å². The van der Waals surface area contributed by atoms with Gasteiger partial charge in [0.1, 0.15) is 0 Å². The van der Waals surface area contributed by atoms with Gasteiger partial charge in [0.25, 0.3) is 0 Å². The van der Waals surface area contributed by atoms with Crippen LogP contribution < -0.4 is 0 Å². The number of terminal acetylenes is 1. The second-order valence-corrected chi connectivity index (χ2v) is 4.20. The number of epoxide rings is 1. The maximum absolute atomic E-state index is 5.47. The molecule has 0 bridgehead atoms. The molecule has 1 heterocycles. The average Bonchev–Trinajstić information content (AvgIpc) is 3.21. The highest BCUT2D eigenvalue weighted by atomic mass is 16.6. The van der Waals surface area contributed by atoms with E-state index in [9.17, 15) is 0 Å². The zero-order chi connectivity index (χ0) is 11.7. The van der Waals surface area contributed by atoms with E-state index in [1.54, 1.807) is 0 Å². The van der Waals surface area contributed by atoms with Crippen LogP contribution in [0.2, 0.25) is 0 Å². The Labute approximate surface area is 101 Å². The Morgan fingerprint density at radius 1 is 0.941 bits per heavy atom. The molecule has 1 fully saturated rings.